The number of carbonyl (C=O) groups excluding carboxylic acids is 3. The average Bonchev–Trinajstić information content (AvgIpc) is 1.65. The van der Waals surface area contributed by atoms with E-state index in [2.05, 4.69) is 40.3 Å². The Balaban J connectivity index is -0.0000000456. The molecular weight excluding hydrogens is 2020 g/mol. The summed E-state index contributed by atoms with van der Waals surface area (Å²) in [4.78, 5) is 66.8. The highest BCUT2D eigenvalue weighted by molar-refractivity contribution is 6.04. The number of fused-ring (bicyclic) bond motifs is 2. The molecule has 21 nitrogen and oxygen atoms in total. The van der Waals surface area contributed by atoms with Gasteiger partial charge in [0.15, 0.2) is 5.69 Å². The number of methoxy groups -OCH3 is 2. The number of rotatable bonds is 7. The maximum atomic E-state index is 13.0. The molecule has 772 valence electrons. The second-order valence-electron chi connectivity index (χ2n) is 16.1. The summed E-state index contributed by atoms with van der Waals surface area (Å²) in [6.07, 6.45) is 5.75. The minimum absolute atomic E-state index is 0. The number of nitrogens with one attached hydrogen (secondary N) is 1. The zero-order chi connectivity index (χ0) is 108. The van der Waals surface area contributed by atoms with Gasteiger partial charge >= 0.3 is 18.2 Å². The van der Waals surface area contributed by atoms with Crippen molar-refractivity contribution in [3.8, 4) is 22.8 Å². The van der Waals surface area contributed by atoms with Gasteiger partial charge in [0.25, 0.3) is 5.91 Å². The first-order chi connectivity index (χ1) is 62.2. The van der Waals surface area contributed by atoms with Gasteiger partial charge in [-0.15, -0.1) is 0 Å². The number of hydrogen-bond acceptors (Lipinski definition) is 15. The number of carboxylic acids is 1. The minimum atomic E-state index is -0.962. The number of carboxylic acid groups (broad SMARTS) is 1. The third kappa shape index (κ3) is 82.7. The van der Waals surface area contributed by atoms with E-state index in [0.29, 0.717) is 83.5 Å². The van der Waals surface area contributed by atoms with Crippen LogP contribution in [0.25, 0.3) is 34.1 Å². The molecule has 0 aliphatic carbocycles. The predicted octanol–water partition coefficient (Wildman–Crippen LogP) is 31.9. The number of hydrogen-bond donors (Lipinski definition) is 3. The van der Waals surface area contributed by atoms with Crippen molar-refractivity contribution in [1.82, 2.24) is 48.9 Å². The van der Waals surface area contributed by atoms with Gasteiger partial charge < -0.3 is 44.5 Å². The summed E-state index contributed by atoms with van der Waals surface area (Å²) >= 11 is 0. The van der Waals surface area contributed by atoms with Crippen molar-refractivity contribution in [1.29, 1.82) is 0 Å². The normalized spacial score (nSPS) is 8.45. The van der Waals surface area contributed by atoms with Crippen molar-refractivity contribution in [2.75, 3.05) is 51.4 Å². The Labute approximate surface area is 662 Å². The van der Waals surface area contributed by atoms with Gasteiger partial charge in [-0.3, -0.25) is 18.3 Å². The fraction of sp³-hybridized carbons (Fsp3) is 0.261. The molecule has 10 rings (SSSR count). The van der Waals surface area contributed by atoms with Crippen molar-refractivity contribution in [3.63, 3.8) is 0 Å². The van der Waals surface area contributed by atoms with Crippen LogP contribution in [0.5, 0.6) is 0 Å². The molecular formula is C46H47F61N12O9. The predicted molar refractivity (Wildman–Crippen MR) is 311 cm³/mol. The number of imidazole rings is 2. The number of amides is 3. The summed E-state index contributed by atoms with van der Waals surface area (Å²) in [6, 6.07) is 18.8. The zero-order valence-corrected chi connectivity index (χ0v) is 60.4. The maximum absolute atomic E-state index is 13.0. The number of aromatic carboxylic acids is 1. The van der Waals surface area contributed by atoms with Gasteiger partial charge in [-0.2, -0.15) is 9.97 Å². The molecule has 8 aromatic rings. The molecule has 0 spiro atoms. The highest BCUT2D eigenvalue weighted by Gasteiger charge is 2.37. The van der Waals surface area contributed by atoms with Crippen molar-refractivity contribution in [2.24, 2.45) is 0 Å². The van der Waals surface area contributed by atoms with E-state index in [9.17, 15) is 19.2 Å². The number of aryl methyl sites for hydroxylation is 4. The number of nitrogen functional groups attached to an aromatic ring is 1. The van der Waals surface area contributed by atoms with E-state index in [0.717, 1.165) is 27.8 Å². The smallest absolute Gasteiger partial charge is 0.409 e. The molecule has 2 fully saturated rings. The van der Waals surface area contributed by atoms with Crippen LogP contribution in [0.3, 0.4) is 0 Å². The van der Waals surface area contributed by atoms with E-state index in [1.165, 1.54) is 20.4 Å². The summed E-state index contributed by atoms with van der Waals surface area (Å²) in [7, 11) is 2.72. The molecule has 128 heavy (non-hydrogen) atoms. The second-order valence-corrected chi connectivity index (χ2v) is 16.1. The summed E-state index contributed by atoms with van der Waals surface area (Å²) < 4.78 is 503. The highest BCUT2D eigenvalue weighted by Crippen LogP contribution is 2.31. The minimum Gasteiger partial charge on any atom is -0.477 e. The molecule has 2 aromatic carbocycles. The van der Waals surface area contributed by atoms with Gasteiger partial charge in [0.2, 0.25) is 23.4 Å². The zero-order valence-electron chi connectivity index (χ0n) is 60.4. The van der Waals surface area contributed by atoms with E-state index >= 15 is 0 Å². The largest absolute Gasteiger partial charge is 0.477 e. The fourth-order valence-electron chi connectivity index (χ4n) is 7.22. The molecule has 2 aliphatic heterocycles. The topological polar surface area (TPSA) is 264 Å². The number of carbonyl (C=O) groups is 4. The standard InChI is InChI=1S/C23H22N6O4.C14H16N4O3.C9H8N2O2.30F2.FH/c1-13-6-7-29-18(10-24-19(29)8-13)21(30)25-17-9-15(5-4-14(17)2)20-26-22(33-27-20)16-11-28(12-16)23(31)32-3;1-8-3-4-9(5-11(8)15)12-16-13(21-17-12)10-6-18(7-10)14(19)20-2;1-6-2-3-11-7(9(12)13)5-10-8(11)4-6;30*1-2;/h4-10,16H,11-12H2,1-3H3,(H,25,30);3-5,10H,6-7,15H2,1-2H3;2-5H,1H3,(H,12,13);;;;;;;;;;;;;;;;;;;;;;;;;;;;;;;1H. The number of anilines is 2. The molecule has 3 amide bonds. The van der Waals surface area contributed by atoms with Crippen molar-refractivity contribution in [2.45, 2.75) is 39.5 Å². The molecule has 0 bridgehead atoms. The Morgan fingerprint density at radius 2 is 0.625 bits per heavy atom. The van der Waals surface area contributed by atoms with Gasteiger partial charge in [0.1, 0.15) is 17.0 Å². The van der Waals surface area contributed by atoms with Crippen molar-refractivity contribution in [3.05, 3.63) is 131 Å². The Morgan fingerprint density at radius 3 is 0.883 bits per heavy atom. The van der Waals surface area contributed by atoms with E-state index < -0.39 is 5.97 Å². The lowest BCUT2D eigenvalue weighted by Gasteiger charge is -2.35. The average molecular weight is 2070 g/mol. The van der Waals surface area contributed by atoms with Crippen molar-refractivity contribution >= 4 is 46.7 Å². The Hall–Kier alpha value is -12.9. The van der Waals surface area contributed by atoms with Gasteiger partial charge in [-0.1, -0.05) is 34.6 Å². The molecule has 0 unspecified atom stereocenters. The lowest BCUT2D eigenvalue weighted by molar-refractivity contribution is 0.0688. The quantitative estimate of drug-likeness (QED) is 0.0989. The van der Waals surface area contributed by atoms with Crippen LogP contribution in [0.4, 0.5) is 300 Å². The SMILES string of the molecule is COC(=O)N1CC(c2nc(-c3ccc(C)c(N)c3)no2)C1.COC(=O)N1CC(c2nc(-c3ccc(C)c(NC(=O)c4cnc5cc(C)ccn45)c3)no2)C1.Cc1ccn2c(C(=O)O)cnc2c1.F.FF.FF.FF.FF.FF.FF.FF.FF.FF.FF.FF.FF.FF.FF.FF.FF.FF.FF.FF.FF.FF.FF.FF.FF.FF.FF.FF.FF.FF.FF. The van der Waals surface area contributed by atoms with Crippen LogP contribution in [0.1, 0.15) is 66.8 Å². The highest BCUT2D eigenvalue weighted by atomic mass is 20.1. The second kappa shape index (κ2) is 165. The van der Waals surface area contributed by atoms with E-state index in [1.54, 1.807) is 31.0 Å². The number of benzene rings is 2. The van der Waals surface area contributed by atoms with Crippen LogP contribution in [0.15, 0.2) is 94.5 Å². The van der Waals surface area contributed by atoms with E-state index in [-0.39, 0.29) is 40.3 Å². The van der Waals surface area contributed by atoms with Crippen LogP contribution < -0.4 is 11.1 Å². The lowest BCUT2D eigenvalue weighted by Crippen LogP contribution is -2.48. The molecule has 2 aliphatic rings. The molecule has 0 radical (unpaired) electrons. The molecule has 2 saturated heterocycles. The number of nitrogens with two attached hydrogens (primary N) is 1. The molecule has 8 heterocycles. The van der Waals surface area contributed by atoms with Crippen LogP contribution in [-0.2, 0) is 9.47 Å². The molecule has 0 saturated carbocycles. The molecule has 6 aromatic heterocycles. The fourth-order valence-corrected chi connectivity index (χ4v) is 7.22. The number of ether oxygens (including phenoxy) is 2. The summed E-state index contributed by atoms with van der Waals surface area (Å²) in [5.41, 5.74) is 14.8. The number of pyridine rings is 2. The van der Waals surface area contributed by atoms with Crippen LogP contribution >= 0.6 is 0 Å². The number of nitrogens with zero attached hydrogens (tertiary/aromatic N) is 10. The Bertz CT molecular complexity index is 3270. The third-order valence-electron chi connectivity index (χ3n) is 11.3. The number of halogens is 61. The first-order valence-corrected chi connectivity index (χ1v) is 25.2. The Morgan fingerprint density at radius 1 is 0.375 bits per heavy atom. The summed E-state index contributed by atoms with van der Waals surface area (Å²) in [5.74, 6) is 0.744. The van der Waals surface area contributed by atoms with Crippen LogP contribution in [0.2, 0.25) is 0 Å². The first-order valence-electron chi connectivity index (χ1n) is 25.2. The molecule has 4 N–H and O–H groups in total. The van der Waals surface area contributed by atoms with Gasteiger partial charge in [0.05, 0.1) is 38.4 Å². The van der Waals surface area contributed by atoms with Gasteiger partial charge in [0, 0.05) is 336 Å². The Kier molecular flexibility index (Phi) is 233. The first kappa shape index (κ1) is 181. The van der Waals surface area contributed by atoms with Gasteiger partial charge in [-0.05, 0) is 86.3 Å². The molecule has 0 atom stereocenters. The number of aromatic nitrogens is 8. The van der Waals surface area contributed by atoms with Crippen LogP contribution in [0, 0.1) is 27.7 Å². The van der Waals surface area contributed by atoms with Crippen molar-refractivity contribution < 1.29 is 322 Å². The lowest BCUT2D eigenvalue weighted by atomic mass is 10.0. The summed E-state index contributed by atoms with van der Waals surface area (Å²) in [5, 5.41) is 19.8. The third-order valence-corrected chi connectivity index (χ3v) is 11.3. The summed E-state index contributed by atoms with van der Waals surface area (Å²) in [6.45, 7) is 9.78. The van der Waals surface area contributed by atoms with Crippen LogP contribution in [-0.4, -0.2) is 118 Å². The molecule has 82 heteroatoms. The van der Waals surface area contributed by atoms with E-state index in [4.69, 9.17) is 299 Å². The monoisotopic (exact) mass is 2070 g/mol. The van der Waals surface area contributed by atoms with E-state index in [1.807, 2.05) is 94.6 Å². The van der Waals surface area contributed by atoms with Gasteiger partial charge in [-0.25, -0.2) is 24.4 Å². The number of likely N-dealkylation sites (tertiary alicyclic amines) is 2. The maximum Gasteiger partial charge on any atom is 0.409 e.